The highest BCUT2D eigenvalue weighted by molar-refractivity contribution is 7.89. The van der Waals surface area contributed by atoms with Crippen molar-refractivity contribution in [3.8, 4) is 0 Å². The van der Waals surface area contributed by atoms with Crippen molar-refractivity contribution in [1.82, 2.24) is 9.62 Å². The molecule has 7 nitrogen and oxygen atoms in total. The number of hydrogen-bond donors (Lipinski definition) is 2. The Kier molecular flexibility index (Phi) is 5.14. The molecule has 31 heavy (non-hydrogen) atoms. The van der Waals surface area contributed by atoms with Crippen molar-refractivity contribution in [3.05, 3.63) is 53.6 Å². The molecule has 2 N–H and O–H groups in total. The van der Waals surface area contributed by atoms with E-state index in [1.165, 1.54) is 5.69 Å². The second-order valence-electron chi connectivity index (χ2n) is 8.80. The molecule has 164 valence electrons. The first-order valence-corrected chi connectivity index (χ1v) is 12.4. The summed E-state index contributed by atoms with van der Waals surface area (Å²) in [5.41, 5.74) is 3.52. The Morgan fingerprint density at radius 3 is 2.71 bits per heavy atom. The Morgan fingerprint density at radius 1 is 1.10 bits per heavy atom. The van der Waals surface area contributed by atoms with Crippen molar-refractivity contribution in [2.24, 2.45) is 0 Å². The largest absolute Gasteiger partial charge is 0.366 e. The van der Waals surface area contributed by atoms with E-state index in [0.29, 0.717) is 30.4 Å². The maximum atomic E-state index is 13.2. The number of carbonyl (C=O) groups is 1. The van der Waals surface area contributed by atoms with Gasteiger partial charge < -0.3 is 15.1 Å². The predicted octanol–water partition coefficient (Wildman–Crippen LogP) is 3.45. The zero-order chi connectivity index (χ0) is 21.6. The maximum absolute atomic E-state index is 13.2. The monoisotopic (exact) mass is 440 g/mol. The molecular formula is C23H28N4O3S. The number of anilines is 2. The fraction of sp³-hybridized carbons (Fsp3) is 0.435. The highest BCUT2D eigenvalue weighted by Gasteiger charge is 2.33. The van der Waals surface area contributed by atoms with E-state index in [1.54, 1.807) is 25.1 Å². The first-order chi connectivity index (χ1) is 14.9. The number of rotatable bonds is 4. The SMILES string of the molecule is Cc1ccc(NC(=O)N2Cc3ccccc3N3CCC[C@@H]3C2)cc1S(=O)(=O)NC1CC1. The molecule has 2 aromatic carbocycles. The van der Waals surface area contributed by atoms with E-state index in [2.05, 4.69) is 27.1 Å². The number of para-hydroxylation sites is 1. The zero-order valence-electron chi connectivity index (χ0n) is 17.7. The summed E-state index contributed by atoms with van der Waals surface area (Å²) in [5, 5.41) is 2.94. The van der Waals surface area contributed by atoms with Crippen LogP contribution in [0.3, 0.4) is 0 Å². The molecule has 2 amide bonds. The summed E-state index contributed by atoms with van der Waals surface area (Å²) in [6, 6.07) is 13.5. The summed E-state index contributed by atoms with van der Waals surface area (Å²) in [7, 11) is -3.59. The summed E-state index contributed by atoms with van der Waals surface area (Å²) in [6.07, 6.45) is 3.95. The number of sulfonamides is 1. The number of amides is 2. The molecule has 0 radical (unpaired) electrons. The number of aryl methyl sites for hydroxylation is 1. The topological polar surface area (TPSA) is 81.8 Å². The second kappa shape index (κ2) is 7.84. The van der Waals surface area contributed by atoms with Gasteiger partial charge in [0.25, 0.3) is 0 Å². The van der Waals surface area contributed by atoms with Gasteiger partial charge in [-0.05, 0) is 61.9 Å². The third kappa shape index (κ3) is 4.14. The van der Waals surface area contributed by atoms with Crippen LogP contribution in [0.1, 0.15) is 36.8 Å². The fourth-order valence-electron chi connectivity index (χ4n) is 4.60. The molecule has 2 fully saturated rings. The minimum Gasteiger partial charge on any atom is -0.366 e. The lowest BCUT2D eigenvalue weighted by molar-refractivity contribution is 0.207. The molecule has 2 heterocycles. The molecule has 3 aliphatic rings. The third-order valence-corrected chi connectivity index (χ3v) is 8.05. The van der Waals surface area contributed by atoms with Crippen LogP contribution in [0.5, 0.6) is 0 Å². The molecule has 0 spiro atoms. The first kappa shape index (κ1) is 20.3. The summed E-state index contributed by atoms with van der Waals surface area (Å²) in [5.74, 6) is 0. The van der Waals surface area contributed by atoms with Crippen LogP contribution in [-0.4, -0.2) is 44.5 Å². The Labute approximate surface area is 183 Å². The van der Waals surface area contributed by atoms with Crippen LogP contribution < -0.4 is 14.9 Å². The van der Waals surface area contributed by atoms with Crippen molar-refractivity contribution in [1.29, 1.82) is 0 Å². The summed E-state index contributed by atoms with van der Waals surface area (Å²) < 4.78 is 28.1. The molecule has 0 unspecified atom stereocenters. The van der Waals surface area contributed by atoms with Gasteiger partial charge in [-0.1, -0.05) is 24.3 Å². The van der Waals surface area contributed by atoms with E-state index in [0.717, 1.165) is 37.8 Å². The van der Waals surface area contributed by atoms with Crippen LogP contribution in [-0.2, 0) is 16.6 Å². The van der Waals surface area contributed by atoms with Gasteiger partial charge in [0.05, 0.1) is 4.90 Å². The predicted molar refractivity (Wildman–Crippen MR) is 121 cm³/mol. The van der Waals surface area contributed by atoms with Gasteiger partial charge in [0.2, 0.25) is 10.0 Å². The molecule has 5 rings (SSSR count). The summed E-state index contributed by atoms with van der Waals surface area (Å²) in [6.45, 7) is 3.98. The van der Waals surface area contributed by atoms with Gasteiger partial charge in [-0.15, -0.1) is 0 Å². The van der Waals surface area contributed by atoms with Crippen molar-refractivity contribution < 1.29 is 13.2 Å². The standard InChI is InChI=1S/C23H28N4O3S/c1-16-8-9-19(13-22(16)31(29,30)25-18-10-11-18)24-23(28)26-14-17-5-2-3-7-21(17)27-12-4-6-20(27)15-26/h2-3,5,7-9,13,18,20,25H,4,6,10-12,14-15H2,1H3,(H,24,28)/t20-/m1/s1. The summed E-state index contributed by atoms with van der Waals surface area (Å²) >= 11 is 0. The van der Waals surface area contributed by atoms with Gasteiger partial charge >= 0.3 is 6.03 Å². The average Bonchev–Trinajstić information content (AvgIpc) is 3.46. The molecule has 1 saturated carbocycles. The van der Waals surface area contributed by atoms with Crippen molar-refractivity contribution in [3.63, 3.8) is 0 Å². The molecular weight excluding hydrogens is 412 g/mol. The zero-order valence-corrected chi connectivity index (χ0v) is 18.5. The van der Waals surface area contributed by atoms with E-state index in [4.69, 9.17) is 0 Å². The quantitative estimate of drug-likeness (QED) is 0.763. The molecule has 2 aromatic rings. The van der Waals surface area contributed by atoms with E-state index in [-0.39, 0.29) is 17.0 Å². The lowest BCUT2D eigenvalue weighted by atomic mass is 10.1. The van der Waals surface area contributed by atoms with Gasteiger partial charge in [0.15, 0.2) is 0 Å². The van der Waals surface area contributed by atoms with Crippen LogP contribution in [0.4, 0.5) is 16.2 Å². The van der Waals surface area contributed by atoms with Crippen molar-refractivity contribution in [2.45, 2.75) is 56.1 Å². The lowest BCUT2D eigenvalue weighted by Crippen LogP contribution is -2.42. The highest BCUT2D eigenvalue weighted by atomic mass is 32.2. The van der Waals surface area contributed by atoms with Crippen molar-refractivity contribution >= 4 is 27.4 Å². The lowest BCUT2D eigenvalue weighted by Gasteiger charge is -2.27. The third-order valence-electron chi connectivity index (χ3n) is 6.39. The van der Waals surface area contributed by atoms with E-state index >= 15 is 0 Å². The number of carbonyl (C=O) groups excluding carboxylic acids is 1. The number of hydrogen-bond acceptors (Lipinski definition) is 4. The minimum atomic E-state index is -3.59. The average molecular weight is 441 g/mol. The van der Waals surface area contributed by atoms with Crippen LogP contribution in [0.15, 0.2) is 47.4 Å². The molecule has 0 bridgehead atoms. The normalized spacial score (nSPS) is 20.7. The smallest absolute Gasteiger partial charge is 0.322 e. The van der Waals surface area contributed by atoms with Gasteiger partial charge in [-0.2, -0.15) is 0 Å². The number of benzene rings is 2. The van der Waals surface area contributed by atoms with Gasteiger partial charge in [0, 0.05) is 43.1 Å². The first-order valence-electron chi connectivity index (χ1n) is 10.9. The van der Waals surface area contributed by atoms with Crippen LogP contribution >= 0.6 is 0 Å². The Balaban J connectivity index is 1.37. The van der Waals surface area contributed by atoms with Crippen LogP contribution in [0, 0.1) is 6.92 Å². The molecule has 8 heteroatoms. The Morgan fingerprint density at radius 2 is 1.90 bits per heavy atom. The fourth-order valence-corrected chi connectivity index (χ4v) is 6.18. The highest BCUT2D eigenvalue weighted by Crippen LogP contribution is 2.33. The molecule has 1 atom stereocenters. The van der Waals surface area contributed by atoms with Crippen LogP contribution in [0.25, 0.3) is 0 Å². The molecule has 0 aromatic heterocycles. The minimum absolute atomic E-state index is 0.0363. The van der Waals surface area contributed by atoms with Crippen LogP contribution in [0.2, 0.25) is 0 Å². The van der Waals surface area contributed by atoms with Gasteiger partial charge in [-0.25, -0.2) is 17.9 Å². The van der Waals surface area contributed by atoms with E-state index < -0.39 is 10.0 Å². The molecule has 1 aliphatic carbocycles. The maximum Gasteiger partial charge on any atom is 0.322 e. The number of nitrogens with zero attached hydrogens (tertiary/aromatic N) is 2. The Hall–Kier alpha value is -2.58. The molecule has 1 saturated heterocycles. The summed E-state index contributed by atoms with van der Waals surface area (Å²) in [4.78, 5) is 17.7. The second-order valence-corrected chi connectivity index (χ2v) is 10.5. The van der Waals surface area contributed by atoms with E-state index in [9.17, 15) is 13.2 Å². The van der Waals surface area contributed by atoms with Gasteiger partial charge in [-0.3, -0.25) is 0 Å². The molecule has 2 aliphatic heterocycles. The van der Waals surface area contributed by atoms with Gasteiger partial charge in [0.1, 0.15) is 0 Å². The number of urea groups is 1. The Bertz CT molecular complexity index is 1110. The van der Waals surface area contributed by atoms with E-state index in [1.807, 2.05) is 17.0 Å². The number of nitrogens with one attached hydrogen (secondary N) is 2. The number of fused-ring (bicyclic) bond motifs is 3. The van der Waals surface area contributed by atoms with Crippen molar-refractivity contribution in [2.75, 3.05) is 23.3 Å².